The van der Waals surface area contributed by atoms with Gasteiger partial charge in [0, 0.05) is 17.3 Å². The van der Waals surface area contributed by atoms with E-state index in [9.17, 15) is 0 Å². The second-order valence-corrected chi connectivity index (χ2v) is 6.91. The van der Waals surface area contributed by atoms with Crippen molar-refractivity contribution in [3.05, 3.63) is 15.6 Å². The van der Waals surface area contributed by atoms with Crippen LogP contribution in [0, 0.1) is 13.8 Å². The smallest absolute Gasteiger partial charge is 0.0946 e. The Morgan fingerprint density at radius 1 is 1.05 bits per heavy atom. The predicted molar refractivity (Wildman–Crippen MR) is 85.9 cm³/mol. The molecule has 0 saturated carbocycles. The minimum Gasteiger partial charge on any atom is -0.327 e. The molecule has 19 heavy (non-hydrogen) atoms. The van der Waals surface area contributed by atoms with Gasteiger partial charge in [-0.1, -0.05) is 51.9 Å². The number of nitrogens with two attached hydrogens (primary N) is 1. The predicted octanol–water partition coefficient (Wildman–Crippen LogP) is 4.77. The first-order chi connectivity index (χ1) is 9.13. The van der Waals surface area contributed by atoms with Gasteiger partial charge in [0.2, 0.25) is 0 Å². The zero-order chi connectivity index (χ0) is 14.1. The van der Waals surface area contributed by atoms with Gasteiger partial charge in [-0.2, -0.15) is 0 Å². The first kappa shape index (κ1) is 16.6. The van der Waals surface area contributed by atoms with E-state index in [4.69, 9.17) is 5.73 Å². The molecule has 1 rings (SSSR count). The minimum absolute atomic E-state index is 0.292. The van der Waals surface area contributed by atoms with E-state index >= 15 is 0 Å². The molecule has 2 nitrogen and oxygen atoms in total. The molecule has 0 amide bonds. The Kier molecular flexibility index (Phi) is 8.31. The lowest BCUT2D eigenvalue weighted by atomic mass is 10.0. The number of aromatic nitrogens is 1. The fourth-order valence-corrected chi connectivity index (χ4v) is 3.34. The number of unbranched alkanes of at least 4 members (excludes halogenated alkanes) is 6. The summed E-state index contributed by atoms with van der Waals surface area (Å²) < 4.78 is 0. The van der Waals surface area contributed by atoms with Crippen molar-refractivity contribution in [2.45, 2.75) is 84.6 Å². The average molecular weight is 282 g/mol. The Labute approximate surface area is 122 Å². The zero-order valence-corrected chi connectivity index (χ0v) is 13.7. The van der Waals surface area contributed by atoms with E-state index in [-0.39, 0.29) is 0 Å². The minimum atomic E-state index is 0.292. The fraction of sp³-hybridized carbons (Fsp3) is 0.812. The molecule has 1 unspecified atom stereocenters. The van der Waals surface area contributed by atoms with Crippen molar-refractivity contribution in [3.8, 4) is 0 Å². The Morgan fingerprint density at radius 3 is 2.26 bits per heavy atom. The Bertz CT molecular complexity index is 327. The van der Waals surface area contributed by atoms with E-state index in [0.29, 0.717) is 6.04 Å². The van der Waals surface area contributed by atoms with Crippen molar-refractivity contribution in [1.82, 2.24) is 4.98 Å². The number of rotatable bonds is 10. The van der Waals surface area contributed by atoms with Crippen LogP contribution in [0.15, 0.2) is 0 Å². The SMILES string of the molecule is CCCCCCCCCC(N)Cc1nc(C)c(C)s1. The van der Waals surface area contributed by atoms with Crippen molar-refractivity contribution < 1.29 is 0 Å². The molecule has 0 saturated heterocycles. The summed E-state index contributed by atoms with van der Waals surface area (Å²) in [5.41, 5.74) is 7.36. The van der Waals surface area contributed by atoms with Crippen molar-refractivity contribution >= 4 is 11.3 Å². The number of thiazole rings is 1. The molecule has 1 aromatic rings. The van der Waals surface area contributed by atoms with Crippen LogP contribution in [-0.4, -0.2) is 11.0 Å². The third kappa shape index (κ3) is 7.07. The zero-order valence-electron chi connectivity index (χ0n) is 12.9. The molecular formula is C16H30N2S. The molecule has 0 aliphatic heterocycles. The second-order valence-electron chi connectivity index (χ2n) is 5.62. The molecule has 1 atom stereocenters. The second kappa shape index (κ2) is 9.49. The Balaban J connectivity index is 2.06. The van der Waals surface area contributed by atoms with Gasteiger partial charge >= 0.3 is 0 Å². The highest BCUT2D eigenvalue weighted by molar-refractivity contribution is 7.11. The van der Waals surface area contributed by atoms with E-state index in [1.165, 1.54) is 60.5 Å². The van der Waals surface area contributed by atoms with Crippen LogP contribution >= 0.6 is 11.3 Å². The van der Waals surface area contributed by atoms with Gasteiger partial charge in [-0.05, 0) is 20.3 Å². The summed E-state index contributed by atoms with van der Waals surface area (Å²) in [5, 5.41) is 1.21. The van der Waals surface area contributed by atoms with Crippen LogP contribution in [0.1, 0.15) is 73.9 Å². The van der Waals surface area contributed by atoms with Crippen molar-refractivity contribution in [1.29, 1.82) is 0 Å². The van der Waals surface area contributed by atoms with Crippen LogP contribution in [-0.2, 0) is 6.42 Å². The highest BCUT2D eigenvalue weighted by Crippen LogP contribution is 2.18. The maximum Gasteiger partial charge on any atom is 0.0946 e. The molecule has 0 spiro atoms. The molecule has 2 N–H and O–H groups in total. The molecule has 110 valence electrons. The third-order valence-corrected chi connectivity index (χ3v) is 4.78. The summed E-state index contributed by atoms with van der Waals surface area (Å²) in [5.74, 6) is 0. The van der Waals surface area contributed by atoms with Crippen LogP contribution in [0.2, 0.25) is 0 Å². The van der Waals surface area contributed by atoms with Gasteiger partial charge in [0.15, 0.2) is 0 Å². The normalized spacial score (nSPS) is 12.8. The summed E-state index contributed by atoms with van der Waals surface area (Å²) in [6.07, 6.45) is 11.6. The van der Waals surface area contributed by atoms with E-state index in [1.54, 1.807) is 11.3 Å². The highest BCUT2D eigenvalue weighted by atomic mass is 32.1. The fourth-order valence-electron chi connectivity index (χ4n) is 2.32. The lowest BCUT2D eigenvalue weighted by Gasteiger charge is -2.09. The van der Waals surface area contributed by atoms with Crippen molar-refractivity contribution in [3.63, 3.8) is 0 Å². The summed E-state index contributed by atoms with van der Waals surface area (Å²) in [4.78, 5) is 5.90. The summed E-state index contributed by atoms with van der Waals surface area (Å²) >= 11 is 1.80. The number of nitrogens with zero attached hydrogens (tertiary/aromatic N) is 1. The highest BCUT2D eigenvalue weighted by Gasteiger charge is 2.09. The van der Waals surface area contributed by atoms with E-state index < -0.39 is 0 Å². The molecule has 0 fully saturated rings. The Hall–Kier alpha value is -0.410. The monoisotopic (exact) mass is 282 g/mol. The topological polar surface area (TPSA) is 38.9 Å². The van der Waals surface area contributed by atoms with Gasteiger partial charge in [0.05, 0.1) is 10.7 Å². The quantitative estimate of drug-likeness (QED) is 0.628. The molecule has 0 radical (unpaired) electrons. The van der Waals surface area contributed by atoms with Gasteiger partial charge in [0.25, 0.3) is 0 Å². The summed E-state index contributed by atoms with van der Waals surface area (Å²) in [6, 6.07) is 0.292. The Morgan fingerprint density at radius 2 is 1.68 bits per heavy atom. The third-order valence-electron chi connectivity index (χ3n) is 3.69. The molecule has 1 aromatic heterocycles. The van der Waals surface area contributed by atoms with Crippen LogP contribution in [0.5, 0.6) is 0 Å². The molecule has 0 bridgehead atoms. The molecule has 0 aromatic carbocycles. The lowest BCUT2D eigenvalue weighted by molar-refractivity contribution is 0.527. The lowest BCUT2D eigenvalue weighted by Crippen LogP contribution is -2.22. The van der Waals surface area contributed by atoms with Gasteiger partial charge in [0.1, 0.15) is 0 Å². The first-order valence-electron chi connectivity index (χ1n) is 7.82. The summed E-state index contributed by atoms with van der Waals surface area (Å²) in [6.45, 7) is 6.48. The van der Waals surface area contributed by atoms with Gasteiger partial charge in [-0.25, -0.2) is 4.98 Å². The number of aryl methyl sites for hydroxylation is 2. The van der Waals surface area contributed by atoms with Crippen LogP contribution in [0.3, 0.4) is 0 Å². The van der Waals surface area contributed by atoms with E-state index in [2.05, 4.69) is 25.8 Å². The molecule has 0 aliphatic rings. The maximum absolute atomic E-state index is 6.19. The number of hydrogen-bond donors (Lipinski definition) is 1. The number of hydrogen-bond acceptors (Lipinski definition) is 3. The van der Waals surface area contributed by atoms with Gasteiger partial charge in [-0.15, -0.1) is 11.3 Å². The van der Waals surface area contributed by atoms with E-state index in [1.807, 2.05) is 0 Å². The molecule has 3 heteroatoms. The van der Waals surface area contributed by atoms with Crippen LogP contribution in [0.25, 0.3) is 0 Å². The largest absolute Gasteiger partial charge is 0.327 e. The molecular weight excluding hydrogens is 252 g/mol. The molecule has 1 heterocycles. The maximum atomic E-state index is 6.19. The van der Waals surface area contributed by atoms with Gasteiger partial charge < -0.3 is 5.73 Å². The average Bonchev–Trinajstić information content (AvgIpc) is 2.67. The van der Waals surface area contributed by atoms with Crippen LogP contribution < -0.4 is 5.73 Å². The standard InChI is InChI=1S/C16H30N2S/c1-4-5-6-7-8-9-10-11-15(17)12-16-18-13(2)14(3)19-16/h15H,4-12,17H2,1-3H3. The van der Waals surface area contributed by atoms with Crippen molar-refractivity contribution in [2.24, 2.45) is 5.73 Å². The van der Waals surface area contributed by atoms with E-state index in [0.717, 1.165) is 12.8 Å². The first-order valence-corrected chi connectivity index (χ1v) is 8.63. The van der Waals surface area contributed by atoms with Crippen molar-refractivity contribution in [2.75, 3.05) is 0 Å². The van der Waals surface area contributed by atoms with Crippen LogP contribution in [0.4, 0.5) is 0 Å². The van der Waals surface area contributed by atoms with Gasteiger partial charge in [-0.3, -0.25) is 0 Å². The molecule has 0 aliphatic carbocycles. The summed E-state index contributed by atoms with van der Waals surface area (Å²) in [7, 11) is 0.